The summed E-state index contributed by atoms with van der Waals surface area (Å²) in [5, 5.41) is 3.27. The zero-order chi connectivity index (χ0) is 26.4. The Hall–Kier alpha value is -3.46. The molecule has 5 unspecified atom stereocenters. The van der Waals surface area contributed by atoms with Gasteiger partial charge in [0, 0.05) is 37.4 Å². The summed E-state index contributed by atoms with van der Waals surface area (Å²) in [6, 6.07) is 10.9. The van der Waals surface area contributed by atoms with Gasteiger partial charge in [0.15, 0.2) is 5.96 Å². The third-order valence-corrected chi connectivity index (χ3v) is 7.46. The Kier molecular flexibility index (Phi) is 6.43. The van der Waals surface area contributed by atoms with Crippen LogP contribution in [0.1, 0.15) is 63.2 Å². The summed E-state index contributed by atoms with van der Waals surface area (Å²) in [6.45, 7) is 6.19. The molecular weight excluding hydrogens is 470 g/mol. The minimum absolute atomic E-state index is 0.0411. The first-order valence-corrected chi connectivity index (χ1v) is 12.8. The van der Waals surface area contributed by atoms with Gasteiger partial charge in [0.05, 0.1) is 30.7 Å². The number of carbonyl (C=O) groups excluding carboxylic acids is 2. The van der Waals surface area contributed by atoms with Crippen LogP contribution in [0.5, 0.6) is 5.75 Å². The number of nitrogens with one attached hydrogen (secondary N) is 1. The van der Waals surface area contributed by atoms with Crippen molar-refractivity contribution in [1.29, 1.82) is 0 Å². The van der Waals surface area contributed by atoms with Crippen LogP contribution in [-0.2, 0) is 14.3 Å². The fourth-order valence-corrected chi connectivity index (χ4v) is 5.80. The SMILES string of the molecule is COCC1(C)CC(NC(=O)C2CC2C(c2cccnc2)N2C(=O)CC(C)(C)N=C2N)c2ccccc2O1. The quantitative estimate of drug-likeness (QED) is 0.597. The second-order valence-electron chi connectivity index (χ2n) is 11.2. The predicted molar refractivity (Wildman–Crippen MR) is 139 cm³/mol. The number of fused-ring (bicyclic) bond motifs is 1. The second kappa shape index (κ2) is 9.45. The molecule has 37 heavy (non-hydrogen) atoms. The molecule has 5 atom stereocenters. The fourth-order valence-electron chi connectivity index (χ4n) is 5.80. The van der Waals surface area contributed by atoms with Crippen LogP contribution in [0.3, 0.4) is 0 Å². The molecule has 0 saturated heterocycles. The van der Waals surface area contributed by atoms with Crippen LogP contribution in [0.25, 0.3) is 0 Å². The van der Waals surface area contributed by atoms with Gasteiger partial charge in [0.1, 0.15) is 11.4 Å². The van der Waals surface area contributed by atoms with Gasteiger partial charge in [-0.1, -0.05) is 24.3 Å². The Morgan fingerprint density at radius 1 is 1.27 bits per heavy atom. The van der Waals surface area contributed by atoms with Crippen LogP contribution >= 0.6 is 0 Å². The van der Waals surface area contributed by atoms with Gasteiger partial charge in [0.2, 0.25) is 11.8 Å². The van der Waals surface area contributed by atoms with Gasteiger partial charge in [-0.05, 0) is 50.8 Å². The van der Waals surface area contributed by atoms with Crippen LogP contribution in [0, 0.1) is 11.8 Å². The Morgan fingerprint density at radius 3 is 2.76 bits per heavy atom. The standard InChI is InChI=1S/C28H35N5O4/c1-27(2)14-23(34)33(26(29)32-27)24(17-8-7-11-30-15-17)19-12-20(19)25(35)31-21-13-28(3,16-36-4)37-22-10-6-5-9-18(21)22/h5-11,15,19-21,24H,12-14,16H2,1-4H3,(H2,29,32)(H,31,35). The van der Waals surface area contributed by atoms with Crippen molar-refractivity contribution >= 4 is 17.8 Å². The van der Waals surface area contributed by atoms with Crippen molar-refractivity contribution in [2.45, 2.75) is 63.3 Å². The summed E-state index contributed by atoms with van der Waals surface area (Å²) in [6.07, 6.45) is 4.92. The summed E-state index contributed by atoms with van der Waals surface area (Å²) in [5.74, 6) is 0.458. The van der Waals surface area contributed by atoms with Crippen molar-refractivity contribution in [2.75, 3.05) is 13.7 Å². The minimum Gasteiger partial charge on any atom is -0.485 e. The fraction of sp³-hybridized carbons (Fsp3) is 0.500. The Bertz CT molecular complexity index is 1220. The number of nitrogens with two attached hydrogens (primary N) is 1. The zero-order valence-corrected chi connectivity index (χ0v) is 21.8. The summed E-state index contributed by atoms with van der Waals surface area (Å²) in [7, 11) is 1.65. The van der Waals surface area contributed by atoms with Gasteiger partial charge >= 0.3 is 0 Å². The maximum atomic E-state index is 13.6. The third-order valence-electron chi connectivity index (χ3n) is 7.46. The highest BCUT2D eigenvalue weighted by Crippen LogP contribution is 2.51. The van der Waals surface area contributed by atoms with E-state index < -0.39 is 17.2 Å². The molecule has 0 radical (unpaired) electrons. The molecule has 9 heteroatoms. The molecule has 1 aromatic heterocycles. The molecule has 1 saturated carbocycles. The molecule has 2 aromatic rings. The molecule has 1 aliphatic carbocycles. The first kappa shape index (κ1) is 25.2. The van der Waals surface area contributed by atoms with E-state index in [1.807, 2.05) is 57.2 Å². The number of hydrogen-bond acceptors (Lipinski definition) is 7. The van der Waals surface area contributed by atoms with Crippen molar-refractivity contribution < 1.29 is 19.1 Å². The first-order chi connectivity index (χ1) is 17.6. The number of guanidine groups is 1. The lowest BCUT2D eigenvalue weighted by Crippen LogP contribution is -2.52. The minimum atomic E-state index is -0.555. The molecule has 1 aromatic carbocycles. The predicted octanol–water partition coefficient (Wildman–Crippen LogP) is 3.13. The maximum absolute atomic E-state index is 13.6. The second-order valence-corrected chi connectivity index (χ2v) is 11.2. The number of methoxy groups -OCH3 is 1. The monoisotopic (exact) mass is 505 g/mol. The summed E-state index contributed by atoms with van der Waals surface area (Å²) in [4.78, 5) is 37.2. The number of nitrogens with zero attached hydrogens (tertiary/aromatic N) is 3. The van der Waals surface area contributed by atoms with Crippen molar-refractivity contribution in [1.82, 2.24) is 15.2 Å². The number of hydrogen-bond donors (Lipinski definition) is 2. The largest absolute Gasteiger partial charge is 0.485 e. The summed E-state index contributed by atoms with van der Waals surface area (Å²) in [5.41, 5.74) is 7.03. The lowest BCUT2D eigenvalue weighted by molar-refractivity contribution is -0.132. The number of pyridine rings is 1. The molecule has 2 amide bonds. The van der Waals surface area contributed by atoms with E-state index in [-0.39, 0.29) is 42.1 Å². The molecule has 5 rings (SSSR count). The maximum Gasteiger partial charge on any atom is 0.232 e. The highest BCUT2D eigenvalue weighted by atomic mass is 16.5. The normalized spacial score (nSPS) is 29.0. The molecule has 0 bridgehead atoms. The van der Waals surface area contributed by atoms with Crippen LogP contribution in [-0.4, -0.2) is 52.5 Å². The van der Waals surface area contributed by atoms with Crippen LogP contribution in [0.15, 0.2) is 53.8 Å². The van der Waals surface area contributed by atoms with E-state index in [2.05, 4.69) is 15.3 Å². The van der Waals surface area contributed by atoms with Crippen LogP contribution in [0.2, 0.25) is 0 Å². The van der Waals surface area contributed by atoms with E-state index in [0.29, 0.717) is 19.4 Å². The van der Waals surface area contributed by atoms with Gasteiger partial charge in [-0.2, -0.15) is 0 Å². The van der Waals surface area contributed by atoms with Crippen molar-refractivity contribution in [2.24, 2.45) is 22.6 Å². The van der Waals surface area contributed by atoms with Gasteiger partial charge in [-0.25, -0.2) is 4.99 Å². The molecule has 9 nitrogen and oxygen atoms in total. The lowest BCUT2D eigenvalue weighted by atomic mass is 9.88. The van der Waals surface area contributed by atoms with Crippen molar-refractivity contribution in [3.05, 3.63) is 59.9 Å². The topological polar surface area (TPSA) is 119 Å². The number of para-hydroxylation sites is 1. The van der Waals surface area contributed by atoms with E-state index >= 15 is 0 Å². The average molecular weight is 506 g/mol. The molecule has 1 fully saturated rings. The van der Waals surface area contributed by atoms with E-state index in [0.717, 1.165) is 16.9 Å². The van der Waals surface area contributed by atoms with Crippen LogP contribution < -0.4 is 15.8 Å². The lowest BCUT2D eigenvalue weighted by Gasteiger charge is -2.40. The highest BCUT2D eigenvalue weighted by Gasteiger charge is 2.53. The van der Waals surface area contributed by atoms with Crippen molar-refractivity contribution in [3.8, 4) is 5.75 Å². The third kappa shape index (κ3) is 5.05. The summed E-state index contributed by atoms with van der Waals surface area (Å²) >= 11 is 0. The Balaban J connectivity index is 1.39. The molecule has 3 N–H and O–H groups in total. The molecular formula is C28H35N5O4. The Labute approximate surface area is 217 Å². The van der Waals surface area contributed by atoms with Gasteiger partial charge in [-0.3, -0.25) is 19.5 Å². The molecule has 3 aliphatic rings. The van der Waals surface area contributed by atoms with Crippen molar-refractivity contribution in [3.63, 3.8) is 0 Å². The average Bonchev–Trinajstić information content (AvgIpc) is 3.62. The number of rotatable bonds is 7. The number of ether oxygens (including phenoxy) is 2. The number of aliphatic imine (C=N–C) groups is 1. The number of aromatic nitrogens is 1. The number of carbonyl (C=O) groups is 2. The smallest absolute Gasteiger partial charge is 0.232 e. The van der Waals surface area contributed by atoms with Gasteiger partial charge < -0.3 is 20.5 Å². The molecule has 0 spiro atoms. The molecule has 2 aliphatic heterocycles. The molecule has 196 valence electrons. The molecule has 3 heterocycles. The zero-order valence-electron chi connectivity index (χ0n) is 21.8. The number of amides is 2. The van der Waals surface area contributed by atoms with E-state index in [9.17, 15) is 9.59 Å². The number of benzene rings is 1. The Morgan fingerprint density at radius 2 is 2.05 bits per heavy atom. The van der Waals surface area contributed by atoms with E-state index in [1.54, 1.807) is 24.4 Å². The van der Waals surface area contributed by atoms with E-state index in [1.165, 1.54) is 0 Å². The van der Waals surface area contributed by atoms with Gasteiger partial charge in [0.25, 0.3) is 0 Å². The van der Waals surface area contributed by atoms with E-state index in [4.69, 9.17) is 15.2 Å². The van der Waals surface area contributed by atoms with Crippen LogP contribution in [0.4, 0.5) is 0 Å². The highest BCUT2D eigenvalue weighted by molar-refractivity contribution is 5.99. The first-order valence-electron chi connectivity index (χ1n) is 12.8. The summed E-state index contributed by atoms with van der Waals surface area (Å²) < 4.78 is 11.6. The van der Waals surface area contributed by atoms with Gasteiger partial charge in [-0.15, -0.1) is 0 Å².